The predicted octanol–water partition coefficient (Wildman–Crippen LogP) is 2.90. The van der Waals surface area contributed by atoms with Crippen molar-refractivity contribution in [3.63, 3.8) is 0 Å². The Labute approximate surface area is 104 Å². The first-order chi connectivity index (χ1) is 8.78. The molecule has 2 heterocycles. The van der Waals surface area contributed by atoms with Crippen molar-refractivity contribution >= 4 is 11.0 Å². The molecule has 0 saturated carbocycles. The molecule has 0 aliphatic rings. The van der Waals surface area contributed by atoms with Crippen LogP contribution in [0.1, 0.15) is 5.69 Å². The molecular weight excluding hydrogens is 226 g/mol. The van der Waals surface area contributed by atoms with E-state index in [0.29, 0.717) is 6.42 Å². The van der Waals surface area contributed by atoms with Gasteiger partial charge in [0.15, 0.2) is 5.76 Å². The summed E-state index contributed by atoms with van der Waals surface area (Å²) in [4.78, 5) is 0. The van der Waals surface area contributed by atoms with Crippen LogP contribution in [0.4, 0.5) is 0 Å². The SMILES string of the molecule is Cn1nc(-c2cc3ccccc3o2)cc1CC#N. The van der Waals surface area contributed by atoms with Crippen molar-refractivity contribution in [1.29, 1.82) is 5.26 Å². The van der Waals surface area contributed by atoms with Crippen LogP contribution >= 0.6 is 0 Å². The van der Waals surface area contributed by atoms with Crippen molar-refractivity contribution in [2.45, 2.75) is 6.42 Å². The summed E-state index contributed by atoms with van der Waals surface area (Å²) in [5, 5.41) is 14.1. The minimum Gasteiger partial charge on any atom is -0.454 e. The summed E-state index contributed by atoms with van der Waals surface area (Å²) < 4.78 is 7.46. The van der Waals surface area contributed by atoms with Gasteiger partial charge in [-0.15, -0.1) is 0 Å². The summed E-state index contributed by atoms with van der Waals surface area (Å²) in [6.45, 7) is 0. The lowest BCUT2D eigenvalue weighted by atomic mass is 10.2. The highest BCUT2D eigenvalue weighted by atomic mass is 16.3. The van der Waals surface area contributed by atoms with Crippen LogP contribution in [0, 0.1) is 11.3 Å². The minimum absolute atomic E-state index is 0.351. The number of nitriles is 1. The number of hydrogen-bond donors (Lipinski definition) is 0. The standard InChI is InChI=1S/C14H11N3O/c1-17-11(6-7-15)9-12(16-17)14-8-10-4-2-3-5-13(10)18-14/h2-5,8-9H,6H2,1H3. The lowest BCUT2D eigenvalue weighted by molar-refractivity contribution is 0.624. The summed E-state index contributed by atoms with van der Waals surface area (Å²) in [6.07, 6.45) is 0.351. The van der Waals surface area contributed by atoms with Crippen LogP contribution in [0.5, 0.6) is 0 Å². The van der Waals surface area contributed by atoms with Crippen molar-refractivity contribution < 1.29 is 4.42 Å². The summed E-state index contributed by atoms with van der Waals surface area (Å²) in [5.41, 5.74) is 2.49. The van der Waals surface area contributed by atoms with Gasteiger partial charge in [-0.3, -0.25) is 4.68 Å². The molecule has 0 saturated heterocycles. The first-order valence-electron chi connectivity index (χ1n) is 5.67. The Morgan fingerprint density at radius 3 is 2.94 bits per heavy atom. The maximum atomic E-state index is 8.72. The summed E-state index contributed by atoms with van der Waals surface area (Å²) >= 11 is 0. The molecule has 2 aromatic heterocycles. The third kappa shape index (κ3) is 1.66. The molecule has 88 valence electrons. The third-order valence-corrected chi connectivity index (χ3v) is 2.91. The Balaban J connectivity index is 2.09. The maximum Gasteiger partial charge on any atom is 0.155 e. The molecule has 1 aromatic carbocycles. The zero-order chi connectivity index (χ0) is 12.5. The average molecular weight is 237 g/mol. The fourth-order valence-electron chi connectivity index (χ4n) is 1.98. The van der Waals surface area contributed by atoms with Gasteiger partial charge in [-0.25, -0.2) is 0 Å². The van der Waals surface area contributed by atoms with E-state index < -0.39 is 0 Å². The minimum atomic E-state index is 0.351. The van der Waals surface area contributed by atoms with Crippen LogP contribution in [-0.4, -0.2) is 9.78 Å². The fraction of sp³-hybridized carbons (Fsp3) is 0.143. The quantitative estimate of drug-likeness (QED) is 0.688. The van der Waals surface area contributed by atoms with Gasteiger partial charge in [-0.2, -0.15) is 10.4 Å². The molecule has 0 unspecified atom stereocenters. The molecule has 0 aliphatic heterocycles. The zero-order valence-electron chi connectivity index (χ0n) is 9.92. The molecule has 0 amide bonds. The topological polar surface area (TPSA) is 54.8 Å². The molecule has 0 atom stereocenters. The van der Waals surface area contributed by atoms with E-state index in [9.17, 15) is 0 Å². The molecule has 18 heavy (non-hydrogen) atoms. The molecule has 0 bridgehead atoms. The highest BCUT2D eigenvalue weighted by molar-refractivity contribution is 5.82. The van der Waals surface area contributed by atoms with Crippen LogP contribution in [0.2, 0.25) is 0 Å². The molecular formula is C14H11N3O. The number of rotatable bonds is 2. The monoisotopic (exact) mass is 237 g/mol. The molecule has 3 rings (SSSR count). The molecule has 0 fully saturated rings. The van der Waals surface area contributed by atoms with E-state index in [-0.39, 0.29) is 0 Å². The van der Waals surface area contributed by atoms with Gasteiger partial charge in [0.1, 0.15) is 11.3 Å². The van der Waals surface area contributed by atoms with E-state index in [1.165, 1.54) is 0 Å². The molecule has 0 spiro atoms. The lowest BCUT2D eigenvalue weighted by Gasteiger charge is -1.91. The number of aryl methyl sites for hydroxylation is 1. The van der Waals surface area contributed by atoms with Crippen LogP contribution in [0.25, 0.3) is 22.4 Å². The van der Waals surface area contributed by atoms with Gasteiger partial charge in [0.05, 0.1) is 18.2 Å². The van der Waals surface area contributed by atoms with E-state index in [2.05, 4.69) is 11.2 Å². The van der Waals surface area contributed by atoms with Crippen LogP contribution in [0.3, 0.4) is 0 Å². The Morgan fingerprint density at radius 1 is 1.33 bits per heavy atom. The number of aromatic nitrogens is 2. The average Bonchev–Trinajstić information content (AvgIpc) is 2.94. The highest BCUT2D eigenvalue weighted by Crippen LogP contribution is 2.27. The van der Waals surface area contributed by atoms with E-state index in [4.69, 9.17) is 9.68 Å². The van der Waals surface area contributed by atoms with Crippen molar-refractivity contribution in [2.75, 3.05) is 0 Å². The second-order valence-electron chi connectivity index (χ2n) is 4.13. The summed E-state index contributed by atoms with van der Waals surface area (Å²) in [5.74, 6) is 0.732. The third-order valence-electron chi connectivity index (χ3n) is 2.91. The van der Waals surface area contributed by atoms with Gasteiger partial charge in [-0.1, -0.05) is 18.2 Å². The van der Waals surface area contributed by atoms with Crippen molar-refractivity contribution in [2.24, 2.45) is 7.05 Å². The van der Waals surface area contributed by atoms with E-state index in [0.717, 1.165) is 28.1 Å². The van der Waals surface area contributed by atoms with Crippen molar-refractivity contribution in [3.8, 4) is 17.5 Å². The highest BCUT2D eigenvalue weighted by Gasteiger charge is 2.11. The fourth-order valence-corrected chi connectivity index (χ4v) is 1.98. The summed E-state index contributed by atoms with van der Waals surface area (Å²) in [7, 11) is 1.83. The number of furan rings is 1. The Morgan fingerprint density at radius 2 is 2.17 bits per heavy atom. The second-order valence-corrected chi connectivity index (χ2v) is 4.13. The van der Waals surface area contributed by atoms with E-state index in [1.54, 1.807) is 4.68 Å². The lowest BCUT2D eigenvalue weighted by Crippen LogP contribution is -1.96. The number of fused-ring (bicyclic) bond motifs is 1. The first kappa shape index (κ1) is 10.6. The van der Waals surface area contributed by atoms with Gasteiger partial charge >= 0.3 is 0 Å². The number of nitrogens with zero attached hydrogens (tertiary/aromatic N) is 3. The van der Waals surface area contributed by atoms with E-state index in [1.807, 2.05) is 43.4 Å². The Bertz CT molecular complexity index is 713. The first-order valence-corrected chi connectivity index (χ1v) is 5.67. The Kier molecular flexibility index (Phi) is 2.38. The van der Waals surface area contributed by atoms with Crippen LogP contribution in [0.15, 0.2) is 40.8 Å². The van der Waals surface area contributed by atoms with Gasteiger partial charge < -0.3 is 4.42 Å². The normalized spacial score (nSPS) is 10.7. The molecule has 3 aromatic rings. The number of benzene rings is 1. The van der Waals surface area contributed by atoms with Gasteiger partial charge in [0.25, 0.3) is 0 Å². The molecule has 0 radical (unpaired) electrons. The second kappa shape index (κ2) is 4.04. The number of para-hydroxylation sites is 1. The smallest absolute Gasteiger partial charge is 0.155 e. The van der Waals surface area contributed by atoms with Gasteiger partial charge in [0.2, 0.25) is 0 Å². The van der Waals surface area contributed by atoms with Gasteiger partial charge in [-0.05, 0) is 18.2 Å². The molecule has 0 N–H and O–H groups in total. The van der Waals surface area contributed by atoms with Crippen LogP contribution < -0.4 is 0 Å². The van der Waals surface area contributed by atoms with E-state index >= 15 is 0 Å². The van der Waals surface area contributed by atoms with Crippen molar-refractivity contribution in [3.05, 3.63) is 42.1 Å². The zero-order valence-corrected chi connectivity index (χ0v) is 9.92. The summed E-state index contributed by atoms with van der Waals surface area (Å²) in [6, 6.07) is 13.8. The van der Waals surface area contributed by atoms with Crippen LogP contribution in [-0.2, 0) is 13.5 Å². The largest absolute Gasteiger partial charge is 0.454 e. The Hall–Kier alpha value is -2.54. The predicted molar refractivity (Wildman–Crippen MR) is 67.7 cm³/mol. The van der Waals surface area contributed by atoms with Crippen molar-refractivity contribution in [1.82, 2.24) is 9.78 Å². The van der Waals surface area contributed by atoms with Gasteiger partial charge in [0, 0.05) is 12.4 Å². The number of hydrogen-bond acceptors (Lipinski definition) is 3. The molecule has 4 heteroatoms. The molecule has 4 nitrogen and oxygen atoms in total. The maximum absolute atomic E-state index is 8.72. The molecule has 0 aliphatic carbocycles.